The van der Waals surface area contributed by atoms with E-state index in [4.69, 9.17) is 30.5 Å². The maximum Gasteiger partial charge on any atom is 0.262 e. The van der Waals surface area contributed by atoms with Crippen molar-refractivity contribution in [2.75, 3.05) is 33.2 Å². The fourth-order valence-corrected chi connectivity index (χ4v) is 3.93. The Morgan fingerprint density at radius 2 is 1.35 bits per heavy atom. The van der Waals surface area contributed by atoms with Gasteiger partial charge in [0.15, 0.2) is 11.5 Å². The average molecular weight is 402 g/mol. The molecular formula is C17H20ClNO6S. The Morgan fingerprint density at radius 1 is 0.808 bits per heavy atom. The second-order valence-electron chi connectivity index (χ2n) is 5.27. The molecule has 0 heterocycles. The lowest BCUT2D eigenvalue weighted by molar-refractivity contribution is 0.353. The third-order valence-corrected chi connectivity index (χ3v) is 5.49. The Labute approximate surface area is 157 Å². The van der Waals surface area contributed by atoms with E-state index in [1.165, 1.54) is 46.6 Å². The van der Waals surface area contributed by atoms with Gasteiger partial charge in [-0.05, 0) is 18.6 Å². The number of benzene rings is 2. The van der Waals surface area contributed by atoms with Crippen LogP contribution >= 0.6 is 11.6 Å². The number of hydrogen-bond donors (Lipinski definition) is 1. The van der Waals surface area contributed by atoms with Crippen molar-refractivity contribution in [2.24, 2.45) is 0 Å². The van der Waals surface area contributed by atoms with Gasteiger partial charge in [-0.25, -0.2) is 8.42 Å². The van der Waals surface area contributed by atoms with Crippen LogP contribution in [0, 0.1) is 6.92 Å². The number of anilines is 1. The molecule has 0 atom stereocenters. The van der Waals surface area contributed by atoms with Gasteiger partial charge in [-0.3, -0.25) is 4.72 Å². The molecule has 0 saturated carbocycles. The molecule has 1 N–H and O–H groups in total. The molecule has 7 nitrogen and oxygen atoms in total. The zero-order chi connectivity index (χ0) is 19.5. The molecule has 2 aromatic rings. The van der Waals surface area contributed by atoms with E-state index >= 15 is 0 Å². The fraction of sp³-hybridized carbons (Fsp3) is 0.294. The highest BCUT2D eigenvalue weighted by molar-refractivity contribution is 7.92. The van der Waals surface area contributed by atoms with E-state index in [0.29, 0.717) is 27.8 Å². The zero-order valence-electron chi connectivity index (χ0n) is 15.0. The summed E-state index contributed by atoms with van der Waals surface area (Å²) in [6.45, 7) is 1.66. The molecule has 0 fully saturated rings. The van der Waals surface area contributed by atoms with Crippen LogP contribution in [0.4, 0.5) is 5.69 Å². The fourth-order valence-electron chi connectivity index (χ4n) is 2.39. The summed E-state index contributed by atoms with van der Waals surface area (Å²) >= 11 is 6.05. The van der Waals surface area contributed by atoms with Crippen LogP contribution in [0.1, 0.15) is 5.56 Å². The third kappa shape index (κ3) is 3.91. The smallest absolute Gasteiger partial charge is 0.262 e. The number of nitrogens with one attached hydrogen (secondary N) is 1. The molecule has 0 unspecified atom stereocenters. The largest absolute Gasteiger partial charge is 0.495 e. The van der Waals surface area contributed by atoms with Crippen LogP contribution in [0.2, 0.25) is 5.02 Å². The summed E-state index contributed by atoms with van der Waals surface area (Å²) in [6.07, 6.45) is 0. The number of aryl methyl sites for hydroxylation is 1. The zero-order valence-corrected chi connectivity index (χ0v) is 16.6. The van der Waals surface area contributed by atoms with E-state index in [1.54, 1.807) is 13.0 Å². The highest BCUT2D eigenvalue weighted by Crippen LogP contribution is 2.38. The highest BCUT2D eigenvalue weighted by Gasteiger charge is 2.23. The predicted octanol–water partition coefficient (Wildman–Crippen LogP) is 3.48. The maximum absolute atomic E-state index is 12.9. The lowest BCUT2D eigenvalue weighted by Gasteiger charge is -2.16. The molecule has 2 aromatic carbocycles. The molecule has 0 amide bonds. The second-order valence-corrected chi connectivity index (χ2v) is 7.32. The van der Waals surface area contributed by atoms with Gasteiger partial charge in [0.05, 0.1) is 44.0 Å². The number of ether oxygens (including phenoxy) is 4. The maximum atomic E-state index is 12.9. The molecule has 26 heavy (non-hydrogen) atoms. The van der Waals surface area contributed by atoms with Crippen molar-refractivity contribution < 1.29 is 27.4 Å². The van der Waals surface area contributed by atoms with Crippen LogP contribution < -0.4 is 23.7 Å². The van der Waals surface area contributed by atoms with E-state index in [-0.39, 0.29) is 16.3 Å². The normalized spacial score (nSPS) is 11.0. The van der Waals surface area contributed by atoms with Crippen molar-refractivity contribution in [1.82, 2.24) is 0 Å². The molecule has 0 spiro atoms. The van der Waals surface area contributed by atoms with E-state index in [1.807, 2.05) is 0 Å². The topological polar surface area (TPSA) is 83.1 Å². The van der Waals surface area contributed by atoms with Crippen LogP contribution in [0.3, 0.4) is 0 Å². The number of rotatable bonds is 7. The Bertz CT molecular complexity index is 914. The van der Waals surface area contributed by atoms with E-state index in [0.717, 1.165) is 0 Å². The van der Waals surface area contributed by atoms with Crippen LogP contribution in [0.25, 0.3) is 0 Å². The Kier molecular flexibility index (Phi) is 6.09. The first kappa shape index (κ1) is 20.0. The molecule has 0 saturated heterocycles. The second kappa shape index (κ2) is 7.92. The lowest BCUT2D eigenvalue weighted by Crippen LogP contribution is -2.15. The van der Waals surface area contributed by atoms with Crippen LogP contribution in [0.15, 0.2) is 29.2 Å². The SMILES string of the molecule is COc1cc(NS(=O)(=O)c2cc(OC)c(OC)cc2C)c(OC)cc1Cl. The van der Waals surface area contributed by atoms with Crippen molar-refractivity contribution >= 4 is 27.3 Å². The number of halogens is 1. The summed E-state index contributed by atoms with van der Waals surface area (Å²) in [5.41, 5.74) is 0.693. The standard InChI is InChI=1S/C17H20ClNO6S/c1-10-6-15(24-4)16(25-5)9-17(10)26(20,21)19-12-8-13(22-2)11(18)7-14(12)23-3/h6-9,19H,1-5H3. The summed E-state index contributed by atoms with van der Waals surface area (Å²) in [5, 5.41) is 0.301. The van der Waals surface area contributed by atoms with Crippen molar-refractivity contribution in [3.05, 3.63) is 34.9 Å². The molecule has 0 aliphatic heterocycles. The van der Waals surface area contributed by atoms with Crippen LogP contribution in [0.5, 0.6) is 23.0 Å². The summed E-state index contributed by atoms with van der Waals surface area (Å²) < 4.78 is 49.0. The highest BCUT2D eigenvalue weighted by atomic mass is 35.5. The lowest BCUT2D eigenvalue weighted by atomic mass is 10.2. The van der Waals surface area contributed by atoms with Crippen molar-refractivity contribution in [3.63, 3.8) is 0 Å². The van der Waals surface area contributed by atoms with Gasteiger partial charge in [0.1, 0.15) is 11.5 Å². The van der Waals surface area contributed by atoms with E-state index in [9.17, 15) is 8.42 Å². The Hall–Kier alpha value is -2.32. The number of sulfonamides is 1. The van der Waals surface area contributed by atoms with Gasteiger partial charge >= 0.3 is 0 Å². The van der Waals surface area contributed by atoms with Gasteiger partial charge in [-0.1, -0.05) is 11.6 Å². The Balaban J connectivity index is 2.53. The number of hydrogen-bond acceptors (Lipinski definition) is 6. The van der Waals surface area contributed by atoms with Gasteiger partial charge in [0.2, 0.25) is 0 Å². The molecule has 9 heteroatoms. The first-order valence-corrected chi connectivity index (χ1v) is 9.30. The first-order valence-electron chi connectivity index (χ1n) is 7.44. The van der Waals surface area contributed by atoms with E-state index in [2.05, 4.69) is 4.72 Å². The summed E-state index contributed by atoms with van der Waals surface area (Å²) in [7, 11) is 1.83. The molecule has 142 valence electrons. The van der Waals surface area contributed by atoms with Crippen molar-refractivity contribution in [1.29, 1.82) is 0 Å². The van der Waals surface area contributed by atoms with Crippen LogP contribution in [-0.4, -0.2) is 36.9 Å². The first-order chi connectivity index (χ1) is 12.3. The van der Waals surface area contributed by atoms with Gasteiger partial charge in [0, 0.05) is 18.2 Å². The Morgan fingerprint density at radius 3 is 1.88 bits per heavy atom. The molecule has 0 bridgehead atoms. The summed E-state index contributed by atoms with van der Waals surface area (Å²) in [6, 6.07) is 5.91. The minimum Gasteiger partial charge on any atom is -0.495 e. The molecule has 2 rings (SSSR count). The summed E-state index contributed by atoms with van der Waals surface area (Å²) in [4.78, 5) is 0.0473. The molecule has 0 aliphatic carbocycles. The molecule has 0 radical (unpaired) electrons. The third-order valence-electron chi connectivity index (χ3n) is 3.69. The molecule has 0 aromatic heterocycles. The van der Waals surface area contributed by atoms with Gasteiger partial charge < -0.3 is 18.9 Å². The van der Waals surface area contributed by atoms with Crippen molar-refractivity contribution in [3.8, 4) is 23.0 Å². The molecule has 0 aliphatic rings. The predicted molar refractivity (Wildman–Crippen MR) is 99.6 cm³/mol. The average Bonchev–Trinajstić information content (AvgIpc) is 2.61. The quantitative estimate of drug-likeness (QED) is 0.764. The van der Waals surface area contributed by atoms with Gasteiger partial charge in [-0.2, -0.15) is 0 Å². The number of methoxy groups -OCH3 is 4. The van der Waals surface area contributed by atoms with Gasteiger partial charge in [-0.15, -0.1) is 0 Å². The molecular weight excluding hydrogens is 382 g/mol. The summed E-state index contributed by atoms with van der Waals surface area (Å²) in [5.74, 6) is 1.32. The monoisotopic (exact) mass is 401 g/mol. The minimum atomic E-state index is -3.94. The van der Waals surface area contributed by atoms with Crippen LogP contribution in [-0.2, 0) is 10.0 Å². The van der Waals surface area contributed by atoms with Crippen molar-refractivity contribution in [2.45, 2.75) is 11.8 Å². The van der Waals surface area contributed by atoms with E-state index < -0.39 is 10.0 Å². The minimum absolute atomic E-state index is 0.0473. The van der Waals surface area contributed by atoms with Gasteiger partial charge in [0.25, 0.3) is 10.0 Å².